The number of rotatable bonds is 11. The predicted octanol–water partition coefficient (Wildman–Crippen LogP) is 4.08. The van der Waals surface area contributed by atoms with Gasteiger partial charge in [-0.3, -0.25) is 14.6 Å². The van der Waals surface area contributed by atoms with Crippen LogP contribution >= 0.6 is 34.8 Å². The summed E-state index contributed by atoms with van der Waals surface area (Å²) >= 11 is 18.3. The Morgan fingerprint density at radius 1 is 1.03 bits per heavy atom. The number of halogens is 3. The normalized spacial score (nSPS) is 20.1. The molecule has 1 atom stereocenters. The molecule has 8 nitrogen and oxygen atoms in total. The standard InChI is InChI=1S/C25H39Cl3N4O4S/c1-18(2)31(19(3)4)13-10-29-8-11-30(12-9-29)24(33)17-36-16-21-6-5-7-32(21)37(34,35)25-22(27)14-20(26)15-23(25)28/h14-15,18-19,21H,5-13,16-17H2,1-4H3. The Bertz CT molecular complexity index is 1000. The van der Waals surface area contributed by atoms with E-state index >= 15 is 0 Å². The second-order valence-electron chi connectivity index (χ2n) is 10.3. The molecule has 3 rings (SSSR count). The van der Waals surface area contributed by atoms with Crippen molar-refractivity contribution in [3.8, 4) is 0 Å². The summed E-state index contributed by atoms with van der Waals surface area (Å²) in [6, 6.07) is 3.36. The lowest BCUT2D eigenvalue weighted by Gasteiger charge is -2.37. The Balaban J connectivity index is 1.47. The third-order valence-corrected chi connectivity index (χ3v) is 10.2. The van der Waals surface area contributed by atoms with Gasteiger partial charge in [-0.05, 0) is 52.7 Å². The van der Waals surface area contributed by atoms with Crippen LogP contribution in [0.2, 0.25) is 15.1 Å². The van der Waals surface area contributed by atoms with Crippen LogP contribution in [0.3, 0.4) is 0 Å². The van der Waals surface area contributed by atoms with Gasteiger partial charge in [0.2, 0.25) is 15.9 Å². The Hall–Kier alpha value is -0.650. The Labute approximate surface area is 236 Å². The van der Waals surface area contributed by atoms with Crippen LogP contribution in [0, 0.1) is 0 Å². The van der Waals surface area contributed by atoms with Crippen molar-refractivity contribution in [2.75, 3.05) is 59.0 Å². The Kier molecular flexibility index (Phi) is 11.4. The fourth-order valence-corrected chi connectivity index (χ4v) is 8.32. The molecule has 1 unspecified atom stereocenters. The third-order valence-electron chi connectivity index (χ3n) is 7.11. The predicted molar refractivity (Wildman–Crippen MR) is 149 cm³/mol. The van der Waals surface area contributed by atoms with Gasteiger partial charge in [0.15, 0.2) is 0 Å². The summed E-state index contributed by atoms with van der Waals surface area (Å²) in [5, 5.41) is 0.238. The van der Waals surface area contributed by atoms with Crippen molar-refractivity contribution in [1.82, 2.24) is 19.0 Å². The van der Waals surface area contributed by atoms with Crippen molar-refractivity contribution in [1.29, 1.82) is 0 Å². The van der Waals surface area contributed by atoms with E-state index in [1.807, 2.05) is 4.90 Å². The van der Waals surface area contributed by atoms with Crippen molar-refractivity contribution >= 4 is 50.7 Å². The van der Waals surface area contributed by atoms with Gasteiger partial charge in [-0.15, -0.1) is 0 Å². The minimum atomic E-state index is -3.94. The number of carbonyl (C=O) groups excluding carboxylic acids is 1. The summed E-state index contributed by atoms with van der Waals surface area (Å²) in [5.41, 5.74) is 0. The van der Waals surface area contributed by atoms with E-state index in [4.69, 9.17) is 39.5 Å². The van der Waals surface area contributed by atoms with Gasteiger partial charge in [0.05, 0.1) is 16.7 Å². The molecule has 2 aliphatic heterocycles. The molecule has 1 amide bonds. The fourth-order valence-electron chi connectivity index (χ4n) is 5.15. The van der Waals surface area contributed by atoms with E-state index in [1.54, 1.807) is 0 Å². The Morgan fingerprint density at radius 2 is 1.62 bits per heavy atom. The summed E-state index contributed by atoms with van der Waals surface area (Å²) in [6.07, 6.45) is 1.33. The lowest BCUT2D eigenvalue weighted by atomic mass is 10.2. The highest BCUT2D eigenvalue weighted by Crippen LogP contribution is 2.37. The summed E-state index contributed by atoms with van der Waals surface area (Å²) < 4.78 is 33.7. The summed E-state index contributed by atoms with van der Waals surface area (Å²) in [7, 11) is -3.94. The number of carbonyl (C=O) groups is 1. The number of benzene rings is 1. The van der Waals surface area contributed by atoms with E-state index in [1.165, 1.54) is 16.4 Å². The first kappa shape index (κ1) is 30.9. The van der Waals surface area contributed by atoms with Crippen molar-refractivity contribution in [2.24, 2.45) is 0 Å². The number of amides is 1. The Morgan fingerprint density at radius 3 is 2.19 bits per heavy atom. The topological polar surface area (TPSA) is 73.4 Å². The molecule has 12 heteroatoms. The van der Waals surface area contributed by atoms with Crippen LogP contribution in [0.15, 0.2) is 17.0 Å². The molecule has 2 fully saturated rings. The zero-order chi connectivity index (χ0) is 27.3. The lowest BCUT2D eigenvalue weighted by Crippen LogP contribution is -2.52. The number of hydrogen-bond acceptors (Lipinski definition) is 6. The maximum atomic E-state index is 13.3. The highest BCUT2D eigenvalue weighted by atomic mass is 35.5. The van der Waals surface area contributed by atoms with Gasteiger partial charge in [0, 0.05) is 69.0 Å². The number of hydrogen-bond donors (Lipinski definition) is 0. The minimum Gasteiger partial charge on any atom is -0.370 e. The van der Waals surface area contributed by atoms with Crippen LogP contribution in [0.4, 0.5) is 0 Å². The zero-order valence-electron chi connectivity index (χ0n) is 22.1. The number of piperazine rings is 1. The molecule has 1 aromatic carbocycles. The van der Waals surface area contributed by atoms with Crippen LogP contribution in [0.25, 0.3) is 0 Å². The summed E-state index contributed by atoms with van der Waals surface area (Å²) in [6.45, 7) is 14.3. The van der Waals surface area contributed by atoms with Crippen molar-refractivity contribution in [3.63, 3.8) is 0 Å². The molecule has 0 spiro atoms. The molecule has 2 aliphatic rings. The van der Waals surface area contributed by atoms with Crippen LogP contribution in [-0.4, -0.2) is 110 Å². The molecule has 0 saturated carbocycles. The monoisotopic (exact) mass is 596 g/mol. The molecule has 0 aliphatic carbocycles. The maximum Gasteiger partial charge on any atom is 0.248 e. The van der Waals surface area contributed by atoms with E-state index in [0.717, 1.165) is 26.2 Å². The van der Waals surface area contributed by atoms with Crippen LogP contribution < -0.4 is 0 Å². The van der Waals surface area contributed by atoms with Gasteiger partial charge in [0.1, 0.15) is 11.5 Å². The van der Waals surface area contributed by atoms with Gasteiger partial charge in [-0.25, -0.2) is 8.42 Å². The van der Waals surface area contributed by atoms with E-state index in [9.17, 15) is 13.2 Å². The van der Waals surface area contributed by atoms with Crippen molar-refractivity contribution < 1.29 is 17.9 Å². The third kappa shape index (κ3) is 7.94. The van der Waals surface area contributed by atoms with Gasteiger partial charge >= 0.3 is 0 Å². The number of ether oxygens (including phenoxy) is 1. The molecule has 1 aromatic rings. The molecule has 0 aromatic heterocycles. The van der Waals surface area contributed by atoms with Crippen molar-refractivity contribution in [3.05, 3.63) is 27.2 Å². The molecule has 37 heavy (non-hydrogen) atoms. The average molecular weight is 598 g/mol. The maximum absolute atomic E-state index is 13.3. The van der Waals surface area contributed by atoms with Crippen LogP contribution in [0.1, 0.15) is 40.5 Å². The SMILES string of the molecule is CC(C)N(CCN1CCN(C(=O)COCC2CCCN2S(=O)(=O)c2c(Cl)cc(Cl)cc2Cl)CC1)C(C)C. The smallest absolute Gasteiger partial charge is 0.248 e. The fraction of sp³-hybridized carbons (Fsp3) is 0.720. The summed E-state index contributed by atoms with van der Waals surface area (Å²) in [5.74, 6) is -0.0677. The van der Waals surface area contributed by atoms with Crippen LogP contribution in [0.5, 0.6) is 0 Å². The first-order valence-electron chi connectivity index (χ1n) is 12.9. The molecule has 0 radical (unpaired) electrons. The lowest BCUT2D eigenvalue weighted by molar-refractivity contribution is -0.138. The molecule has 2 saturated heterocycles. The molecule has 2 heterocycles. The number of nitrogens with zero attached hydrogens (tertiary/aromatic N) is 4. The molecule has 0 bridgehead atoms. The van der Waals surface area contributed by atoms with Gasteiger partial charge < -0.3 is 9.64 Å². The zero-order valence-corrected chi connectivity index (χ0v) is 25.2. The van der Waals surface area contributed by atoms with Crippen molar-refractivity contribution in [2.45, 2.75) is 63.6 Å². The highest BCUT2D eigenvalue weighted by Gasteiger charge is 2.38. The van der Waals surface area contributed by atoms with E-state index in [-0.39, 0.29) is 45.1 Å². The molecule has 0 N–H and O–H groups in total. The van der Waals surface area contributed by atoms with Gasteiger partial charge in [0.25, 0.3) is 0 Å². The average Bonchev–Trinajstić information content (AvgIpc) is 3.28. The first-order valence-corrected chi connectivity index (χ1v) is 15.5. The quantitative estimate of drug-likeness (QED) is 0.383. The molecular weight excluding hydrogens is 559 g/mol. The number of sulfonamides is 1. The van der Waals surface area contributed by atoms with E-state index in [0.29, 0.717) is 44.6 Å². The van der Waals surface area contributed by atoms with E-state index < -0.39 is 10.0 Å². The summed E-state index contributed by atoms with van der Waals surface area (Å²) in [4.78, 5) is 19.3. The first-order chi connectivity index (χ1) is 17.4. The van der Waals surface area contributed by atoms with Crippen LogP contribution in [-0.2, 0) is 19.6 Å². The van der Waals surface area contributed by atoms with E-state index in [2.05, 4.69) is 37.5 Å². The van der Waals surface area contributed by atoms with Gasteiger partial charge in [-0.1, -0.05) is 34.8 Å². The second-order valence-corrected chi connectivity index (χ2v) is 13.4. The molecular formula is C25H39Cl3N4O4S. The molecule has 210 valence electrons. The van der Waals surface area contributed by atoms with Gasteiger partial charge in [-0.2, -0.15) is 4.31 Å². The second kappa shape index (κ2) is 13.6. The minimum absolute atomic E-state index is 0.0143. The highest BCUT2D eigenvalue weighted by molar-refractivity contribution is 7.89. The largest absolute Gasteiger partial charge is 0.370 e.